The van der Waals surface area contributed by atoms with E-state index in [2.05, 4.69) is 5.32 Å². The van der Waals surface area contributed by atoms with Crippen LogP contribution in [0.5, 0.6) is 5.75 Å². The van der Waals surface area contributed by atoms with Gasteiger partial charge >= 0.3 is 0 Å². The van der Waals surface area contributed by atoms with E-state index in [1.54, 1.807) is 67.6 Å². The zero-order valence-electron chi connectivity index (χ0n) is 23.4. The van der Waals surface area contributed by atoms with Gasteiger partial charge in [0.15, 0.2) is 0 Å². The van der Waals surface area contributed by atoms with Gasteiger partial charge in [-0.2, -0.15) is 0 Å². The van der Waals surface area contributed by atoms with Gasteiger partial charge in [-0.25, -0.2) is 8.42 Å². The van der Waals surface area contributed by atoms with Gasteiger partial charge in [-0.3, -0.25) is 13.9 Å². The Hall–Kier alpha value is -3.56. The fraction of sp³-hybridized carbons (Fsp3) is 0.333. The van der Waals surface area contributed by atoms with Crippen LogP contribution >= 0.6 is 11.6 Å². The number of aryl methyl sites for hydroxylation is 1. The molecule has 0 aliphatic rings. The molecule has 0 aliphatic heterocycles. The lowest BCUT2D eigenvalue weighted by molar-refractivity contribution is -0.139. The molecule has 3 rings (SSSR count). The third kappa shape index (κ3) is 7.55. The number of rotatable bonds is 12. The van der Waals surface area contributed by atoms with Crippen molar-refractivity contribution in [2.24, 2.45) is 0 Å². The van der Waals surface area contributed by atoms with Crippen LogP contribution in [0.25, 0.3) is 0 Å². The van der Waals surface area contributed by atoms with E-state index in [1.165, 1.54) is 24.1 Å². The Morgan fingerprint density at radius 3 is 2.25 bits per heavy atom. The minimum Gasteiger partial charge on any atom is -0.495 e. The second kappa shape index (κ2) is 13.7. The van der Waals surface area contributed by atoms with E-state index in [-0.39, 0.29) is 29.1 Å². The number of carbonyl (C=O) groups is 2. The highest BCUT2D eigenvalue weighted by Crippen LogP contribution is 2.33. The van der Waals surface area contributed by atoms with Crippen molar-refractivity contribution in [3.05, 3.63) is 88.9 Å². The molecule has 0 fully saturated rings. The van der Waals surface area contributed by atoms with Crippen molar-refractivity contribution in [3.63, 3.8) is 0 Å². The number of sulfonamides is 1. The van der Waals surface area contributed by atoms with E-state index >= 15 is 0 Å². The average molecular weight is 586 g/mol. The zero-order chi connectivity index (χ0) is 29.4. The lowest BCUT2D eigenvalue weighted by Gasteiger charge is -2.33. The minimum absolute atomic E-state index is 0.0261. The van der Waals surface area contributed by atoms with E-state index < -0.39 is 28.5 Å². The van der Waals surface area contributed by atoms with Crippen molar-refractivity contribution in [1.29, 1.82) is 0 Å². The number of amides is 2. The van der Waals surface area contributed by atoms with Gasteiger partial charge in [0.1, 0.15) is 18.3 Å². The minimum atomic E-state index is -4.19. The van der Waals surface area contributed by atoms with Gasteiger partial charge in [0.25, 0.3) is 10.0 Å². The molecule has 0 unspecified atom stereocenters. The molecule has 2 atom stereocenters. The molecule has 214 valence electrons. The standard InChI is InChI=1S/C30H36ClN3O5S/c1-6-22(3)32-30(36)23(4)33(19-24-13-15-25(31)16-14-24)29(35)20-34(27-18-21(2)12-17-28(27)39-5)40(37,38)26-10-8-7-9-11-26/h7-18,22-23H,6,19-20H2,1-5H3,(H,32,36)/t22-,23+/m1/s1. The van der Waals surface area contributed by atoms with Crippen LogP contribution in [-0.2, 0) is 26.2 Å². The second-order valence-corrected chi connectivity index (χ2v) is 11.9. The number of methoxy groups -OCH3 is 1. The van der Waals surface area contributed by atoms with E-state index in [0.29, 0.717) is 10.8 Å². The highest BCUT2D eigenvalue weighted by molar-refractivity contribution is 7.92. The van der Waals surface area contributed by atoms with Crippen LogP contribution in [0, 0.1) is 6.92 Å². The van der Waals surface area contributed by atoms with Gasteiger partial charge in [0.2, 0.25) is 11.8 Å². The molecular formula is C30H36ClN3O5S. The Balaban J connectivity index is 2.08. The third-order valence-electron chi connectivity index (χ3n) is 6.65. The highest BCUT2D eigenvalue weighted by atomic mass is 35.5. The zero-order valence-corrected chi connectivity index (χ0v) is 25.0. The SMILES string of the molecule is CC[C@@H](C)NC(=O)[C@H](C)N(Cc1ccc(Cl)cc1)C(=O)CN(c1cc(C)ccc1OC)S(=O)(=O)c1ccccc1. The van der Waals surface area contributed by atoms with Crippen LogP contribution < -0.4 is 14.4 Å². The number of benzene rings is 3. The number of halogens is 1. The van der Waals surface area contributed by atoms with Gasteiger partial charge in [-0.05, 0) is 74.7 Å². The number of nitrogens with zero attached hydrogens (tertiary/aromatic N) is 2. The van der Waals surface area contributed by atoms with Crippen LogP contribution in [0.1, 0.15) is 38.3 Å². The number of hydrogen-bond acceptors (Lipinski definition) is 5. The lowest BCUT2D eigenvalue weighted by Crippen LogP contribution is -2.52. The molecule has 0 spiro atoms. The van der Waals surface area contributed by atoms with Crippen molar-refractivity contribution in [2.75, 3.05) is 18.0 Å². The Morgan fingerprint density at radius 2 is 1.65 bits per heavy atom. The van der Waals surface area contributed by atoms with Crippen LogP contribution in [-0.4, -0.2) is 50.9 Å². The first-order valence-corrected chi connectivity index (χ1v) is 14.9. The van der Waals surface area contributed by atoms with Crippen molar-refractivity contribution < 1.29 is 22.7 Å². The molecular weight excluding hydrogens is 550 g/mol. The largest absolute Gasteiger partial charge is 0.495 e. The predicted octanol–water partition coefficient (Wildman–Crippen LogP) is 5.18. The number of ether oxygens (including phenoxy) is 1. The number of nitrogens with one attached hydrogen (secondary N) is 1. The molecule has 3 aromatic rings. The molecule has 10 heteroatoms. The smallest absolute Gasteiger partial charge is 0.264 e. The van der Waals surface area contributed by atoms with Crippen LogP contribution in [0.15, 0.2) is 77.7 Å². The van der Waals surface area contributed by atoms with Gasteiger partial charge in [0.05, 0.1) is 17.7 Å². The molecule has 0 heterocycles. The fourth-order valence-electron chi connectivity index (χ4n) is 4.06. The first-order valence-electron chi connectivity index (χ1n) is 13.0. The summed E-state index contributed by atoms with van der Waals surface area (Å²) in [6.07, 6.45) is 0.722. The normalized spacial score (nSPS) is 12.8. The van der Waals surface area contributed by atoms with Crippen molar-refractivity contribution in [3.8, 4) is 5.75 Å². The monoisotopic (exact) mass is 585 g/mol. The van der Waals surface area contributed by atoms with E-state index in [0.717, 1.165) is 21.9 Å². The van der Waals surface area contributed by atoms with Crippen LogP contribution in [0.3, 0.4) is 0 Å². The summed E-state index contributed by atoms with van der Waals surface area (Å²) in [5.74, 6) is -0.586. The van der Waals surface area contributed by atoms with Gasteiger partial charge in [0, 0.05) is 17.6 Å². The quantitative estimate of drug-likeness (QED) is 0.316. The molecule has 0 aliphatic carbocycles. The van der Waals surface area contributed by atoms with E-state index in [9.17, 15) is 18.0 Å². The fourth-order valence-corrected chi connectivity index (χ4v) is 5.63. The first kappa shape index (κ1) is 31.0. The third-order valence-corrected chi connectivity index (χ3v) is 8.67. The summed E-state index contributed by atoms with van der Waals surface area (Å²) in [5, 5.41) is 3.46. The maximum atomic E-state index is 14.0. The van der Waals surface area contributed by atoms with E-state index in [4.69, 9.17) is 16.3 Å². The number of carbonyl (C=O) groups excluding carboxylic acids is 2. The Labute approximate surface area is 241 Å². The molecule has 0 bridgehead atoms. The molecule has 0 saturated carbocycles. The topological polar surface area (TPSA) is 96.0 Å². The summed E-state index contributed by atoms with van der Waals surface area (Å²) in [4.78, 5) is 28.6. The summed E-state index contributed by atoms with van der Waals surface area (Å²) in [7, 11) is -2.75. The second-order valence-electron chi connectivity index (χ2n) is 9.64. The molecule has 0 saturated heterocycles. The van der Waals surface area contributed by atoms with Crippen molar-refractivity contribution in [2.45, 2.75) is 57.6 Å². The van der Waals surface area contributed by atoms with Crippen molar-refractivity contribution in [1.82, 2.24) is 10.2 Å². The molecule has 0 radical (unpaired) electrons. The van der Waals surface area contributed by atoms with Crippen molar-refractivity contribution >= 4 is 39.1 Å². The Morgan fingerprint density at radius 1 is 1.00 bits per heavy atom. The summed E-state index contributed by atoms with van der Waals surface area (Å²) in [5.41, 5.74) is 1.75. The molecule has 8 nitrogen and oxygen atoms in total. The average Bonchev–Trinajstić information content (AvgIpc) is 2.95. The van der Waals surface area contributed by atoms with E-state index in [1.807, 2.05) is 20.8 Å². The molecule has 40 heavy (non-hydrogen) atoms. The molecule has 0 aromatic heterocycles. The summed E-state index contributed by atoms with van der Waals surface area (Å²) < 4.78 is 34.5. The summed E-state index contributed by atoms with van der Waals surface area (Å²) in [6, 6.07) is 19.0. The Bertz CT molecular complexity index is 1420. The van der Waals surface area contributed by atoms with Crippen LogP contribution in [0.2, 0.25) is 5.02 Å². The molecule has 1 N–H and O–H groups in total. The Kier molecular flexibility index (Phi) is 10.6. The number of anilines is 1. The van der Waals surface area contributed by atoms with Crippen LogP contribution in [0.4, 0.5) is 5.69 Å². The van der Waals surface area contributed by atoms with Gasteiger partial charge < -0.3 is 15.0 Å². The predicted molar refractivity (Wildman–Crippen MR) is 158 cm³/mol. The molecule has 2 amide bonds. The van der Waals surface area contributed by atoms with Gasteiger partial charge in [-0.1, -0.05) is 54.9 Å². The summed E-state index contributed by atoms with van der Waals surface area (Å²) in [6.45, 7) is 6.82. The number of hydrogen-bond donors (Lipinski definition) is 1. The summed E-state index contributed by atoms with van der Waals surface area (Å²) >= 11 is 6.05. The maximum Gasteiger partial charge on any atom is 0.264 e. The van der Waals surface area contributed by atoms with Gasteiger partial charge in [-0.15, -0.1) is 0 Å². The molecule has 3 aromatic carbocycles. The highest BCUT2D eigenvalue weighted by Gasteiger charge is 2.34. The first-order chi connectivity index (χ1) is 19.0. The lowest BCUT2D eigenvalue weighted by atomic mass is 10.1. The maximum absolute atomic E-state index is 14.0.